The summed E-state index contributed by atoms with van der Waals surface area (Å²) in [6.45, 7) is 1.10. The number of rotatable bonds is 2. The van der Waals surface area contributed by atoms with E-state index >= 15 is 0 Å². The highest BCUT2D eigenvalue weighted by molar-refractivity contribution is 5.89. The first-order valence-electron chi connectivity index (χ1n) is 6.53. The van der Waals surface area contributed by atoms with Crippen molar-refractivity contribution in [3.63, 3.8) is 0 Å². The van der Waals surface area contributed by atoms with Crippen LogP contribution >= 0.6 is 0 Å². The molecule has 2 aliphatic rings. The summed E-state index contributed by atoms with van der Waals surface area (Å²) < 4.78 is 0. The van der Waals surface area contributed by atoms with Crippen LogP contribution in [-0.4, -0.2) is 47.4 Å². The highest BCUT2D eigenvalue weighted by Gasteiger charge is 2.37. The highest BCUT2D eigenvalue weighted by Crippen LogP contribution is 2.27. The lowest BCUT2D eigenvalue weighted by molar-refractivity contribution is -0.151. The number of carboxylic acid groups (broad SMARTS) is 1. The topological polar surface area (TPSA) is 86.7 Å². The van der Waals surface area contributed by atoms with Crippen LogP contribution < -0.4 is 5.32 Å². The zero-order chi connectivity index (χ0) is 13.8. The normalized spacial score (nSPS) is 27.6. The smallest absolute Gasteiger partial charge is 0.307 e. The Morgan fingerprint density at radius 1 is 1.26 bits per heavy atom. The molecule has 0 aromatic heterocycles. The van der Waals surface area contributed by atoms with Crippen LogP contribution in [0.5, 0.6) is 0 Å². The summed E-state index contributed by atoms with van der Waals surface area (Å²) in [7, 11) is 0. The van der Waals surface area contributed by atoms with E-state index in [1.165, 1.54) is 4.90 Å². The van der Waals surface area contributed by atoms with E-state index in [0.29, 0.717) is 32.4 Å². The quantitative estimate of drug-likeness (QED) is 0.689. The van der Waals surface area contributed by atoms with Crippen molar-refractivity contribution >= 4 is 17.8 Å². The lowest BCUT2D eigenvalue weighted by Gasteiger charge is -2.29. The van der Waals surface area contributed by atoms with Crippen LogP contribution in [0.2, 0.25) is 0 Å². The van der Waals surface area contributed by atoms with Crippen molar-refractivity contribution in [3.8, 4) is 0 Å². The Bertz CT molecular complexity index is 419. The maximum atomic E-state index is 12.4. The summed E-state index contributed by atoms with van der Waals surface area (Å²) in [6.07, 6.45) is 5.18. The fourth-order valence-electron chi connectivity index (χ4n) is 2.59. The van der Waals surface area contributed by atoms with Gasteiger partial charge in [0, 0.05) is 13.1 Å². The van der Waals surface area contributed by atoms with Crippen molar-refractivity contribution in [3.05, 3.63) is 12.2 Å². The number of nitrogens with one attached hydrogen (secondary N) is 1. The third-order valence-electron chi connectivity index (χ3n) is 3.64. The van der Waals surface area contributed by atoms with Crippen LogP contribution in [0.3, 0.4) is 0 Å². The molecular weight excluding hydrogens is 248 g/mol. The first kappa shape index (κ1) is 13.6. The van der Waals surface area contributed by atoms with Crippen LogP contribution in [0.15, 0.2) is 12.2 Å². The molecular formula is C13H18N2O4. The van der Waals surface area contributed by atoms with E-state index in [-0.39, 0.29) is 18.4 Å². The zero-order valence-electron chi connectivity index (χ0n) is 10.7. The van der Waals surface area contributed by atoms with Gasteiger partial charge in [0.25, 0.3) is 0 Å². The van der Waals surface area contributed by atoms with Crippen molar-refractivity contribution < 1.29 is 19.5 Å². The Morgan fingerprint density at radius 3 is 2.63 bits per heavy atom. The van der Waals surface area contributed by atoms with Crippen molar-refractivity contribution in [2.45, 2.75) is 19.3 Å². The second kappa shape index (κ2) is 5.86. The van der Waals surface area contributed by atoms with Gasteiger partial charge in [0.15, 0.2) is 0 Å². The molecule has 0 aromatic rings. The van der Waals surface area contributed by atoms with Gasteiger partial charge in [0.2, 0.25) is 11.8 Å². The summed E-state index contributed by atoms with van der Waals surface area (Å²) >= 11 is 0. The van der Waals surface area contributed by atoms with Crippen LogP contribution in [0, 0.1) is 11.8 Å². The van der Waals surface area contributed by atoms with Gasteiger partial charge in [-0.25, -0.2) is 0 Å². The second-order valence-electron chi connectivity index (χ2n) is 4.96. The van der Waals surface area contributed by atoms with Gasteiger partial charge in [-0.05, 0) is 19.3 Å². The molecule has 1 aliphatic heterocycles. The van der Waals surface area contributed by atoms with Crippen LogP contribution in [0.25, 0.3) is 0 Å². The molecule has 1 fully saturated rings. The third-order valence-corrected chi connectivity index (χ3v) is 3.64. The molecule has 1 aliphatic carbocycles. The minimum absolute atomic E-state index is 0.0331. The lowest BCUT2D eigenvalue weighted by Crippen LogP contribution is -2.44. The number of carboxylic acids is 1. The van der Waals surface area contributed by atoms with Gasteiger partial charge in [-0.2, -0.15) is 0 Å². The molecule has 19 heavy (non-hydrogen) atoms. The molecule has 2 amide bonds. The number of hydrogen-bond acceptors (Lipinski definition) is 3. The van der Waals surface area contributed by atoms with E-state index in [2.05, 4.69) is 5.32 Å². The maximum absolute atomic E-state index is 12.4. The summed E-state index contributed by atoms with van der Waals surface area (Å²) in [4.78, 5) is 36.6. The minimum Gasteiger partial charge on any atom is -0.481 e. The molecule has 0 saturated carbocycles. The standard InChI is InChI=1S/C13H18N2O4/c16-11-8-15(7-3-6-14-11)12(17)9-4-1-2-5-10(9)13(18)19/h1-2,9-10H,3-8H2,(H,14,16)(H,18,19). The van der Waals surface area contributed by atoms with E-state index in [1.807, 2.05) is 6.08 Å². The number of carbonyl (C=O) groups is 3. The molecule has 0 radical (unpaired) electrons. The van der Waals surface area contributed by atoms with Crippen LogP contribution in [0.4, 0.5) is 0 Å². The van der Waals surface area contributed by atoms with E-state index in [1.54, 1.807) is 6.08 Å². The molecule has 104 valence electrons. The Labute approximate surface area is 111 Å². The van der Waals surface area contributed by atoms with Gasteiger partial charge in [-0.1, -0.05) is 12.2 Å². The average molecular weight is 266 g/mol. The number of hydrogen-bond donors (Lipinski definition) is 2. The van der Waals surface area contributed by atoms with Gasteiger partial charge < -0.3 is 15.3 Å². The molecule has 0 aromatic carbocycles. The van der Waals surface area contributed by atoms with Crippen molar-refractivity contribution in [1.29, 1.82) is 0 Å². The first-order chi connectivity index (χ1) is 9.09. The van der Waals surface area contributed by atoms with Crippen LogP contribution in [-0.2, 0) is 14.4 Å². The average Bonchev–Trinajstić information content (AvgIpc) is 2.62. The lowest BCUT2D eigenvalue weighted by atomic mass is 9.82. The van der Waals surface area contributed by atoms with Crippen molar-refractivity contribution in [1.82, 2.24) is 10.2 Å². The third kappa shape index (κ3) is 3.13. The number of allylic oxidation sites excluding steroid dienone is 2. The van der Waals surface area contributed by atoms with Crippen molar-refractivity contribution in [2.75, 3.05) is 19.6 Å². The van der Waals surface area contributed by atoms with Crippen LogP contribution in [0.1, 0.15) is 19.3 Å². The fraction of sp³-hybridized carbons (Fsp3) is 0.615. The molecule has 0 spiro atoms. The van der Waals surface area contributed by atoms with E-state index in [9.17, 15) is 19.5 Å². The summed E-state index contributed by atoms with van der Waals surface area (Å²) in [5, 5.41) is 11.9. The van der Waals surface area contributed by atoms with E-state index in [4.69, 9.17) is 0 Å². The predicted octanol–water partition coefficient (Wildman–Crippen LogP) is 0.00190. The van der Waals surface area contributed by atoms with E-state index in [0.717, 1.165) is 0 Å². The molecule has 1 heterocycles. The fourth-order valence-corrected chi connectivity index (χ4v) is 2.59. The molecule has 0 bridgehead atoms. The summed E-state index contributed by atoms with van der Waals surface area (Å²) in [6, 6.07) is 0. The van der Waals surface area contributed by atoms with Gasteiger partial charge >= 0.3 is 5.97 Å². The first-order valence-corrected chi connectivity index (χ1v) is 6.53. The number of aliphatic carboxylic acids is 1. The Hall–Kier alpha value is -1.85. The van der Waals surface area contributed by atoms with Gasteiger partial charge in [-0.15, -0.1) is 0 Å². The molecule has 6 nitrogen and oxygen atoms in total. The molecule has 2 unspecified atom stereocenters. The minimum atomic E-state index is -0.943. The number of nitrogens with zero attached hydrogens (tertiary/aromatic N) is 1. The molecule has 1 saturated heterocycles. The zero-order valence-corrected chi connectivity index (χ0v) is 10.7. The maximum Gasteiger partial charge on any atom is 0.307 e. The largest absolute Gasteiger partial charge is 0.481 e. The monoisotopic (exact) mass is 266 g/mol. The SMILES string of the molecule is O=C1CN(C(=O)C2CC=CCC2C(=O)O)CCCN1. The summed E-state index contributed by atoms with van der Waals surface area (Å²) in [5.74, 6) is -2.56. The summed E-state index contributed by atoms with van der Waals surface area (Å²) in [5.41, 5.74) is 0. The Morgan fingerprint density at radius 2 is 1.95 bits per heavy atom. The number of carbonyl (C=O) groups excluding carboxylic acids is 2. The van der Waals surface area contributed by atoms with Crippen molar-refractivity contribution in [2.24, 2.45) is 11.8 Å². The molecule has 2 atom stereocenters. The molecule has 2 rings (SSSR count). The Kier molecular flexibility index (Phi) is 4.19. The van der Waals surface area contributed by atoms with E-state index < -0.39 is 17.8 Å². The molecule has 2 N–H and O–H groups in total. The Balaban J connectivity index is 2.10. The highest BCUT2D eigenvalue weighted by atomic mass is 16.4. The number of amides is 2. The van der Waals surface area contributed by atoms with Gasteiger partial charge in [0.05, 0.1) is 18.4 Å². The van der Waals surface area contributed by atoms with Gasteiger partial charge in [-0.3, -0.25) is 14.4 Å². The second-order valence-corrected chi connectivity index (χ2v) is 4.96. The predicted molar refractivity (Wildman–Crippen MR) is 67.2 cm³/mol. The van der Waals surface area contributed by atoms with Gasteiger partial charge in [0.1, 0.15) is 0 Å². The molecule has 6 heteroatoms.